The Hall–Kier alpha value is -0.680. The molecule has 0 unspecified atom stereocenters. The van der Waals surface area contributed by atoms with Crippen molar-refractivity contribution >= 4 is 55.1 Å². The summed E-state index contributed by atoms with van der Waals surface area (Å²) in [6, 6.07) is -1.45. The number of hydrogen-bond acceptors (Lipinski definition) is 6. The number of thioether (sulfide) groups is 1. The molecule has 0 aliphatic rings. The van der Waals surface area contributed by atoms with E-state index < -0.39 is 24.0 Å². The molecule has 0 rings (SSSR count). The molecule has 0 saturated carbocycles. The van der Waals surface area contributed by atoms with E-state index in [0.717, 1.165) is 11.8 Å². The van der Waals surface area contributed by atoms with E-state index in [0.29, 0.717) is 0 Å². The first kappa shape index (κ1) is 19.3. The third-order valence-electron chi connectivity index (χ3n) is 2.36. The SMILES string of the molecule is CN[C@@H](CCC(=O)O)C(=O)N[C@@H](CSC(C)=O)C(=O)I. The number of carbonyl (C=O) groups excluding carboxylic acids is 3. The van der Waals surface area contributed by atoms with Gasteiger partial charge in [0, 0.05) is 41.7 Å². The molecule has 0 aromatic rings. The molecule has 0 radical (unpaired) electrons. The lowest BCUT2D eigenvalue weighted by atomic mass is 10.1. The Labute approximate surface area is 134 Å². The summed E-state index contributed by atoms with van der Waals surface area (Å²) in [6.45, 7) is 1.38. The zero-order valence-corrected chi connectivity index (χ0v) is 14.1. The van der Waals surface area contributed by atoms with Crippen LogP contribution in [0, 0.1) is 0 Å². The average molecular weight is 416 g/mol. The fraction of sp³-hybridized carbons (Fsp3) is 0.636. The van der Waals surface area contributed by atoms with Crippen LogP contribution in [-0.2, 0) is 19.2 Å². The third kappa shape index (κ3) is 8.48. The van der Waals surface area contributed by atoms with E-state index in [1.807, 2.05) is 0 Å². The summed E-state index contributed by atoms with van der Waals surface area (Å²) < 4.78 is -0.280. The van der Waals surface area contributed by atoms with Crippen LogP contribution in [0.25, 0.3) is 0 Å². The highest BCUT2D eigenvalue weighted by molar-refractivity contribution is 14.1. The van der Waals surface area contributed by atoms with Crippen LogP contribution in [0.2, 0.25) is 0 Å². The fourth-order valence-corrected chi connectivity index (χ4v) is 2.62. The number of halogens is 1. The van der Waals surface area contributed by atoms with Crippen molar-refractivity contribution in [1.82, 2.24) is 10.6 Å². The topological polar surface area (TPSA) is 113 Å². The van der Waals surface area contributed by atoms with Crippen LogP contribution < -0.4 is 10.6 Å². The van der Waals surface area contributed by atoms with E-state index in [1.54, 1.807) is 22.6 Å². The number of nitrogens with one attached hydrogen (secondary N) is 2. The fourth-order valence-electron chi connectivity index (χ4n) is 1.31. The Morgan fingerprint density at radius 3 is 2.25 bits per heavy atom. The second kappa shape index (κ2) is 10.1. The molecule has 0 fully saturated rings. The lowest BCUT2D eigenvalue weighted by Crippen LogP contribution is -2.49. The quantitative estimate of drug-likeness (QED) is 0.363. The van der Waals surface area contributed by atoms with Crippen molar-refractivity contribution < 1.29 is 24.3 Å². The van der Waals surface area contributed by atoms with Gasteiger partial charge in [-0.05, 0) is 13.5 Å². The summed E-state index contributed by atoms with van der Waals surface area (Å²) in [6.07, 6.45) is -0.0242. The van der Waals surface area contributed by atoms with Gasteiger partial charge < -0.3 is 15.7 Å². The number of carboxylic acids is 1. The minimum absolute atomic E-state index is 0.125. The first-order valence-electron chi connectivity index (χ1n) is 5.80. The smallest absolute Gasteiger partial charge is 0.303 e. The van der Waals surface area contributed by atoms with Gasteiger partial charge in [-0.1, -0.05) is 11.8 Å². The van der Waals surface area contributed by atoms with Crippen molar-refractivity contribution in [3.05, 3.63) is 0 Å². The summed E-state index contributed by atoms with van der Waals surface area (Å²) in [5, 5.41) is 13.7. The Morgan fingerprint density at radius 2 is 1.85 bits per heavy atom. The summed E-state index contributed by atoms with van der Waals surface area (Å²) in [5.41, 5.74) is 0. The number of carboxylic acid groups (broad SMARTS) is 1. The van der Waals surface area contributed by atoms with Gasteiger partial charge in [0.1, 0.15) is 6.04 Å². The number of rotatable bonds is 9. The van der Waals surface area contributed by atoms with E-state index in [-0.39, 0.29) is 27.5 Å². The highest BCUT2D eigenvalue weighted by atomic mass is 127. The minimum Gasteiger partial charge on any atom is -0.481 e. The van der Waals surface area contributed by atoms with Gasteiger partial charge in [0.25, 0.3) is 0 Å². The van der Waals surface area contributed by atoms with Gasteiger partial charge in [0.2, 0.25) is 9.70 Å². The largest absolute Gasteiger partial charge is 0.481 e. The normalized spacial score (nSPS) is 13.3. The molecule has 1 amide bonds. The van der Waals surface area contributed by atoms with Crippen LogP contribution in [0.5, 0.6) is 0 Å². The van der Waals surface area contributed by atoms with E-state index >= 15 is 0 Å². The van der Waals surface area contributed by atoms with Crippen LogP contribution in [0.4, 0.5) is 0 Å². The highest BCUT2D eigenvalue weighted by Gasteiger charge is 2.24. The van der Waals surface area contributed by atoms with Gasteiger partial charge in [-0.15, -0.1) is 0 Å². The molecule has 0 aliphatic heterocycles. The molecule has 7 nitrogen and oxygen atoms in total. The second-order valence-corrected chi connectivity index (χ2v) is 6.20. The maximum Gasteiger partial charge on any atom is 0.303 e. The van der Waals surface area contributed by atoms with Crippen molar-refractivity contribution in [1.29, 1.82) is 0 Å². The molecule has 0 aliphatic carbocycles. The maximum absolute atomic E-state index is 11.9. The second-order valence-electron chi connectivity index (χ2n) is 3.94. The number of amides is 1. The molecule has 0 aromatic carbocycles. The molecule has 9 heteroatoms. The van der Waals surface area contributed by atoms with Gasteiger partial charge >= 0.3 is 5.97 Å². The van der Waals surface area contributed by atoms with Crippen molar-refractivity contribution in [3.8, 4) is 0 Å². The van der Waals surface area contributed by atoms with Crippen LogP contribution in [0.15, 0.2) is 0 Å². The first-order valence-corrected chi connectivity index (χ1v) is 7.86. The summed E-state index contributed by atoms with van der Waals surface area (Å²) in [5.74, 6) is -1.28. The Bertz CT molecular complexity index is 391. The zero-order valence-electron chi connectivity index (χ0n) is 11.1. The molecule has 20 heavy (non-hydrogen) atoms. The Kier molecular flexibility index (Phi) is 9.76. The van der Waals surface area contributed by atoms with Crippen LogP contribution >= 0.6 is 34.4 Å². The maximum atomic E-state index is 11.9. The highest BCUT2D eigenvalue weighted by Crippen LogP contribution is 2.08. The predicted octanol–water partition coefficient (Wildman–Crippen LogP) is 0.165. The molecular formula is C11H17IN2O5S. The van der Waals surface area contributed by atoms with Gasteiger partial charge in [0.05, 0.1) is 6.04 Å². The predicted molar refractivity (Wildman–Crippen MR) is 83.8 cm³/mol. The molecule has 3 N–H and O–H groups in total. The Morgan fingerprint density at radius 1 is 1.25 bits per heavy atom. The lowest BCUT2D eigenvalue weighted by molar-refractivity contribution is -0.137. The number of likely N-dealkylation sites (N-methyl/N-ethyl adjacent to an activating group) is 1. The molecule has 0 heterocycles. The van der Waals surface area contributed by atoms with E-state index in [4.69, 9.17) is 5.11 Å². The monoisotopic (exact) mass is 416 g/mol. The first-order chi connectivity index (χ1) is 9.27. The molecular weight excluding hydrogens is 399 g/mol. The van der Waals surface area contributed by atoms with Crippen molar-refractivity contribution in [3.63, 3.8) is 0 Å². The van der Waals surface area contributed by atoms with Crippen LogP contribution in [0.1, 0.15) is 19.8 Å². The van der Waals surface area contributed by atoms with Gasteiger partial charge in [-0.25, -0.2) is 0 Å². The molecule has 114 valence electrons. The third-order valence-corrected chi connectivity index (χ3v) is 4.01. The summed E-state index contributed by atoms with van der Waals surface area (Å²) in [4.78, 5) is 44.7. The van der Waals surface area contributed by atoms with Crippen molar-refractivity contribution in [2.24, 2.45) is 0 Å². The summed E-state index contributed by atoms with van der Waals surface area (Å²) in [7, 11) is 1.54. The molecule has 0 aromatic heterocycles. The zero-order chi connectivity index (χ0) is 15.7. The van der Waals surface area contributed by atoms with E-state index in [9.17, 15) is 19.2 Å². The van der Waals surface area contributed by atoms with Gasteiger partial charge in [-0.2, -0.15) is 0 Å². The number of hydrogen-bond donors (Lipinski definition) is 3. The number of carbonyl (C=O) groups is 4. The van der Waals surface area contributed by atoms with E-state index in [2.05, 4.69) is 10.6 Å². The van der Waals surface area contributed by atoms with E-state index in [1.165, 1.54) is 14.0 Å². The van der Waals surface area contributed by atoms with Crippen molar-refractivity contribution in [2.75, 3.05) is 12.8 Å². The van der Waals surface area contributed by atoms with Gasteiger partial charge in [-0.3, -0.25) is 19.2 Å². The molecule has 2 atom stereocenters. The molecule has 0 bridgehead atoms. The summed E-state index contributed by atoms with van der Waals surface area (Å²) >= 11 is 2.51. The standard InChI is InChI=1S/C11H17IN2O5S/c1-6(15)20-5-8(10(12)18)14-11(19)7(13-2)3-4-9(16)17/h7-8,13H,3-5H2,1-2H3,(H,14,19)(H,16,17)/t7-,8-/m0/s1. The lowest BCUT2D eigenvalue weighted by Gasteiger charge is -2.19. The molecule has 0 saturated heterocycles. The average Bonchev–Trinajstić information content (AvgIpc) is 2.34. The van der Waals surface area contributed by atoms with Gasteiger partial charge in [0.15, 0.2) is 5.12 Å². The number of aliphatic carboxylic acids is 1. The van der Waals surface area contributed by atoms with Crippen LogP contribution in [0.3, 0.4) is 0 Å². The van der Waals surface area contributed by atoms with Crippen molar-refractivity contribution in [2.45, 2.75) is 31.8 Å². The molecule has 0 spiro atoms. The minimum atomic E-state index is -0.994. The van der Waals surface area contributed by atoms with Crippen LogP contribution in [-0.4, -0.2) is 50.8 Å². The Balaban J connectivity index is 4.51.